The van der Waals surface area contributed by atoms with Gasteiger partial charge in [0.05, 0.1) is 6.61 Å². The fraction of sp³-hybridized carbons (Fsp3) is 0.714. The zero-order valence-corrected chi connectivity index (χ0v) is 10.8. The maximum absolute atomic E-state index is 11.5. The fourth-order valence-corrected chi connectivity index (χ4v) is 2.32. The van der Waals surface area contributed by atoms with Gasteiger partial charge in [-0.2, -0.15) is 0 Å². The number of ketones is 1. The van der Waals surface area contributed by atoms with Gasteiger partial charge in [-0.05, 0) is 31.6 Å². The summed E-state index contributed by atoms with van der Waals surface area (Å²) >= 11 is 0. The molecule has 3 heteroatoms. The van der Waals surface area contributed by atoms with Crippen molar-refractivity contribution < 1.29 is 14.3 Å². The Morgan fingerprint density at radius 1 is 1.41 bits per heavy atom. The highest BCUT2D eigenvalue weighted by Crippen LogP contribution is 2.34. The molecule has 0 radical (unpaired) electrons. The zero-order chi connectivity index (χ0) is 12.7. The van der Waals surface area contributed by atoms with Gasteiger partial charge in [-0.1, -0.05) is 19.1 Å². The van der Waals surface area contributed by atoms with Gasteiger partial charge in [-0.3, -0.25) is 9.59 Å². The Morgan fingerprint density at radius 3 is 2.76 bits per heavy atom. The fourth-order valence-electron chi connectivity index (χ4n) is 2.32. The molecule has 0 N–H and O–H groups in total. The predicted molar refractivity (Wildman–Crippen MR) is 66.5 cm³/mol. The van der Waals surface area contributed by atoms with Gasteiger partial charge in [0.25, 0.3) is 0 Å². The van der Waals surface area contributed by atoms with Crippen LogP contribution in [-0.2, 0) is 14.3 Å². The molecule has 0 aliphatic heterocycles. The van der Waals surface area contributed by atoms with Crippen LogP contribution in [0.25, 0.3) is 0 Å². The summed E-state index contributed by atoms with van der Waals surface area (Å²) in [4.78, 5) is 23.0. The minimum atomic E-state index is -0.156. The highest BCUT2D eigenvalue weighted by Gasteiger charge is 2.33. The van der Waals surface area contributed by atoms with Gasteiger partial charge in [0.1, 0.15) is 5.78 Å². The van der Waals surface area contributed by atoms with Crippen molar-refractivity contribution >= 4 is 11.8 Å². The van der Waals surface area contributed by atoms with Crippen LogP contribution in [0.1, 0.15) is 46.0 Å². The van der Waals surface area contributed by atoms with Crippen LogP contribution in [0.3, 0.4) is 0 Å². The largest absolute Gasteiger partial charge is 0.466 e. The lowest BCUT2D eigenvalue weighted by Gasteiger charge is -2.16. The molecule has 1 fully saturated rings. The van der Waals surface area contributed by atoms with E-state index < -0.39 is 0 Å². The normalized spacial score (nSPS) is 24.5. The van der Waals surface area contributed by atoms with Crippen LogP contribution in [0, 0.1) is 11.8 Å². The summed E-state index contributed by atoms with van der Waals surface area (Å²) in [7, 11) is 0. The minimum absolute atomic E-state index is 0.156. The number of hydrogen-bond donors (Lipinski definition) is 0. The Kier molecular flexibility index (Phi) is 5.95. The Morgan fingerprint density at radius 2 is 2.12 bits per heavy atom. The number of allylic oxidation sites excluding steroid dienone is 2. The van der Waals surface area contributed by atoms with Crippen molar-refractivity contribution in [1.82, 2.24) is 0 Å². The molecule has 0 bridgehead atoms. The number of hydrogen-bond acceptors (Lipinski definition) is 3. The SMILES string of the molecule is C/C=C\CC1CC(=O)CC1CC(=O)OCCC. The van der Waals surface area contributed by atoms with Crippen LogP contribution in [-0.4, -0.2) is 18.4 Å². The third-order valence-electron chi connectivity index (χ3n) is 3.22. The Bertz CT molecular complexity index is 294. The van der Waals surface area contributed by atoms with Crippen molar-refractivity contribution in [2.24, 2.45) is 11.8 Å². The average Bonchev–Trinajstić information content (AvgIpc) is 2.64. The highest BCUT2D eigenvalue weighted by molar-refractivity contribution is 5.82. The van der Waals surface area contributed by atoms with Crippen molar-refractivity contribution in [2.45, 2.75) is 46.0 Å². The molecule has 0 aromatic rings. The van der Waals surface area contributed by atoms with Gasteiger partial charge in [0.2, 0.25) is 0 Å². The summed E-state index contributed by atoms with van der Waals surface area (Å²) in [5.74, 6) is 0.640. The topological polar surface area (TPSA) is 43.4 Å². The molecule has 1 rings (SSSR count). The van der Waals surface area contributed by atoms with Crippen LogP contribution in [0.2, 0.25) is 0 Å². The molecule has 0 spiro atoms. The Labute approximate surface area is 103 Å². The quantitative estimate of drug-likeness (QED) is 0.528. The standard InChI is InChI=1S/C14H22O3/c1-3-5-6-11-8-13(15)9-12(11)10-14(16)17-7-4-2/h3,5,11-12H,4,6-10H2,1-2H3/b5-3-. The minimum Gasteiger partial charge on any atom is -0.466 e. The highest BCUT2D eigenvalue weighted by atomic mass is 16.5. The third-order valence-corrected chi connectivity index (χ3v) is 3.22. The van der Waals surface area contributed by atoms with E-state index in [0.29, 0.717) is 31.8 Å². The van der Waals surface area contributed by atoms with Crippen LogP contribution in [0.15, 0.2) is 12.2 Å². The third kappa shape index (κ3) is 4.72. The number of esters is 1. The van der Waals surface area contributed by atoms with Crippen molar-refractivity contribution in [1.29, 1.82) is 0 Å². The van der Waals surface area contributed by atoms with E-state index in [9.17, 15) is 9.59 Å². The van der Waals surface area contributed by atoms with Gasteiger partial charge in [0, 0.05) is 19.3 Å². The molecular formula is C14H22O3. The molecule has 3 nitrogen and oxygen atoms in total. The molecular weight excluding hydrogens is 216 g/mol. The molecule has 0 aromatic heterocycles. The van der Waals surface area contributed by atoms with Crippen molar-refractivity contribution in [3.8, 4) is 0 Å². The van der Waals surface area contributed by atoms with Gasteiger partial charge >= 0.3 is 5.97 Å². The summed E-state index contributed by atoms with van der Waals surface area (Å²) in [6, 6.07) is 0. The lowest BCUT2D eigenvalue weighted by Crippen LogP contribution is -2.15. The zero-order valence-electron chi connectivity index (χ0n) is 10.8. The monoisotopic (exact) mass is 238 g/mol. The van der Waals surface area contributed by atoms with E-state index in [1.54, 1.807) is 0 Å². The van der Waals surface area contributed by atoms with E-state index >= 15 is 0 Å². The lowest BCUT2D eigenvalue weighted by molar-refractivity contribution is -0.145. The van der Waals surface area contributed by atoms with E-state index in [2.05, 4.69) is 6.08 Å². The molecule has 2 unspecified atom stereocenters. The predicted octanol–water partition coefficient (Wildman–Crippen LogP) is 2.89. The van der Waals surface area contributed by atoms with Gasteiger partial charge in [0.15, 0.2) is 0 Å². The number of carbonyl (C=O) groups excluding carboxylic acids is 2. The van der Waals surface area contributed by atoms with E-state index in [1.807, 2.05) is 19.9 Å². The van der Waals surface area contributed by atoms with Gasteiger partial charge in [-0.25, -0.2) is 0 Å². The Hall–Kier alpha value is -1.12. The second kappa shape index (κ2) is 7.25. The summed E-state index contributed by atoms with van der Waals surface area (Å²) in [6.45, 7) is 4.43. The summed E-state index contributed by atoms with van der Waals surface area (Å²) in [5.41, 5.74) is 0. The number of Topliss-reactive ketones (excluding diaryl/α,β-unsaturated/α-hetero) is 1. The molecule has 1 aliphatic rings. The molecule has 17 heavy (non-hydrogen) atoms. The molecule has 0 saturated heterocycles. The molecule has 0 heterocycles. The van der Waals surface area contributed by atoms with Crippen LogP contribution in [0.5, 0.6) is 0 Å². The first-order valence-corrected chi connectivity index (χ1v) is 6.45. The van der Waals surface area contributed by atoms with Crippen molar-refractivity contribution in [3.63, 3.8) is 0 Å². The first kappa shape index (κ1) is 13.9. The average molecular weight is 238 g/mol. The van der Waals surface area contributed by atoms with Gasteiger partial charge < -0.3 is 4.74 Å². The first-order chi connectivity index (χ1) is 8.17. The van der Waals surface area contributed by atoms with Gasteiger partial charge in [-0.15, -0.1) is 0 Å². The Balaban J connectivity index is 2.43. The van der Waals surface area contributed by atoms with E-state index in [4.69, 9.17) is 4.74 Å². The molecule has 96 valence electrons. The van der Waals surface area contributed by atoms with E-state index in [1.165, 1.54) is 0 Å². The number of carbonyl (C=O) groups is 2. The molecule has 0 aromatic carbocycles. The van der Waals surface area contributed by atoms with Crippen molar-refractivity contribution in [3.05, 3.63) is 12.2 Å². The molecule has 1 aliphatic carbocycles. The maximum Gasteiger partial charge on any atom is 0.306 e. The van der Waals surface area contributed by atoms with E-state index in [0.717, 1.165) is 12.8 Å². The number of rotatable bonds is 6. The maximum atomic E-state index is 11.5. The summed E-state index contributed by atoms with van der Waals surface area (Å²) in [5, 5.41) is 0. The van der Waals surface area contributed by atoms with Crippen LogP contribution >= 0.6 is 0 Å². The molecule has 1 saturated carbocycles. The second-order valence-electron chi connectivity index (χ2n) is 4.70. The summed E-state index contributed by atoms with van der Waals surface area (Å²) < 4.78 is 5.07. The van der Waals surface area contributed by atoms with Crippen LogP contribution in [0.4, 0.5) is 0 Å². The van der Waals surface area contributed by atoms with Crippen molar-refractivity contribution in [2.75, 3.05) is 6.61 Å². The smallest absolute Gasteiger partial charge is 0.306 e. The molecule has 0 amide bonds. The van der Waals surface area contributed by atoms with E-state index in [-0.39, 0.29) is 17.7 Å². The van der Waals surface area contributed by atoms with Crippen LogP contribution < -0.4 is 0 Å². The first-order valence-electron chi connectivity index (χ1n) is 6.45. The summed E-state index contributed by atoms with van der Waals surface area (Å²) in [6.07, 6.45) is 7.38. The molecule has 2 atom stereocenters. The number of ether oxygens (including phenoxy) is 1. The second-order valence-corrected chi connectivity index (χ2v) is 4.70. The lowest BCUT2D eigenvalue weighted by atomic mass is 9.90.